The zero-order valence-electron chi connectivity index (χ0n) is 16.3. The highest BCUT2D eigenvalue weighted by atomic mass is 35.5. The van der Waals surface area contributed by atoms with Gasteiger partial charge in [0, 0.05) is 32.7 Å². The summed E-state index contributed by atoms with van der Waals surface area (Å²) in [4.78, 5) is 17.5. The van der Waals surface area contributed by atoms with Crippen LogP contribution in [0.4, 0.5) is 0 Å². The van der Waals surface area contributed by atoms with Crippen molar-refractivity contribution < 1.29 is 4.79 Å². The fourth-order valence-corrected chi connectivity index (χ4v) is 3.66. The van der Waals surface area contributed by atoms with Crippen LogP contribution in [0.15, 0.2) is 84.9 Å². The second-order valence-electron chi connectivity index (χ2n) is 6.92. The van der Waals surface area contributed by atoms with E-state index in [1.165, 1.54) is 0 Å². The number of nitrogens with one attached hydrogen (secondary N) is 1. The highest BCUT2D eigenvalue weighted by Gasteiger charge is 2.15. The van der Waals surface area contributed by atoms with Gasteiger partial charge in [-0.05, 0) is 59.7 Å². The van der Waals surface area contributed by atoms with Crippen LogP contribution in [0.2, 0.25) is 15.1 Å². The number of halogens is 3. The van der Waals surface area contributed by atoms with Crippen molar-refractivity contribution in [1.82, 2.24) is 10.3 Å². The second-order valence-corrected chi connectivity index (χ2v) is 8.23. The number of hydrogen-bond donors (Lipinski definition) is 1. The van der Waals surface area contributed by atoms with Crippen molar-refractivity contribution in [2.24, 2.45) is 0 Å². The number of aromatic nitrogens is 1. The van der Waals surface area contributed by atoms with Crippen LogP contribution in [0.1, 0.15) is 16.1 Å². The SMILES string of the molecule is O=C(NCc1cccc(Cl)c1)c1ccc(-c2ccc(Cl)cc2)c(-c2ccc(Cl)cc2)n1. The first-order valence-corrected chi connectivity index (χ1v) is 10.7. The Bertz CT molecular complexity index is 1220. The lowest BCUT2D eigenvalue weighted by Gasteiger charge is -2.12. The van der Waals surface area contributed by atoms with E-state index in [0.29, 0.717) is 33.0 Å². The van der Waals surface area contributed by atoms with Crippen LogP contribution in [-0.4, -0.2) is 10.9 Å². The lowest BCUT2D eigenvalue weighted by atomic mass is 9.99. The third-order valence-electron chi connectivity index (χ3n) is 4.74. The molecule has 4 aromatic rings. The van der Waals surface area contributed by atoms with Crippen molar-refractivity contribution in [1.29, 1.82) is 0 Å². The van der Waals surface area contributed by atoms with Gasteiger partial charge >= 0.3 is 0 Å². The number of carbonyl (C=O) groups excluding carboxylic acids is 1. The summed E-state index contributed by atoms with van der Waals surface area (Å²) >= 11 is 18.1. The maximum absolute atomic E-state index is 12.8. The maximum Gasteiger partial charge on any atom is 0.270 e. The third kappa shape index (κ3) is 5.26. The predicted molar refractivity (Wildman–Crippen MR) is 128 cm³/mol. The Morgan fingerprint density at radius 2 is 1.39 bits per heavy atom. The molecule has 1 heterocycles. The normalized spacial score (nSPS) is 10.7. The van der Waals surface area contributed by atoms with Crippen molar-refractivity contribution in [2.75, 3.05) is 0 Å². The van der Waals surface area contributed by atoms with Gasteiger partial charge in [-0.15, -0.1) is 0 Å². The molecule has 0 saturated carbocycles. The van der Waals surface area contributed by atoms with E-state index in [1.807, 2.05) is 60.7 Å². The summed E-state index contributed by atoms with van der Waals surface area (Å²) in [6.45, 7) is 0.357. The van der Waals surface area contributed by atoms with Gasteiger partial charge in [-0.3, -0.25) is 4.79 Å². The second kappa shape index (κ2) is 9.52. The van der Waals surface area contributed by atoms with Gasteiger partial charge < -0.3 is 5.32 Å². The zero-order chi connectivity index (χ0) is 21.8. The molecule has 3 nitrogen and oxygen atoms in total. The molecule has 1 aromatic heterocycles. The molecule has 0 atom stereocenters. The topological polar surface area (TPSA) is 42.0 Å². The average Bonchev–Trinajstić information content (AvgIpc) is 2.78. The predicted octanol–water partition coefficient (Wildman–Crippen LogP) is 7.31. The molecule has 1 N–H and O–H groups in total. The van der Waals surface area contributed by atoms with Gasteiger partial charge in [0.05, 0.1) is 5.69 Å². The molecule has 0 aliphatic rings. The van der Waals surface area contributed by atoms with Gasteiger partial charge in [-0.2, -0.15) is 0 Å². The summed E-state index contributed by atoms with van der Waals surface area (Å²) in [5.41, 5.74) is 4.63. The van der Waals surface area contributed by atoms with Crippen LogP contribution >= 0.6 is 34.8 Å². The first-order valence-electron chi connectivity index (χ1n) is 9.55. The Labute approximate surface area is 195 Å². The molecular formula is C25H17Cl3N2O. The van der Waals surface area contributed by atoms with E-state index in [2.05, 4.69) is 10.3 Å². The summed E-state index contributed by atoms with van der Waals surface area (Å²) in [5, 5.41) is 4.81. The fraction of sp³-hybridized carbons (Fsp3) is 0.0400. The monoisotopic (exact) mass is 466 g/mol. The molecule has 0 aliphatic carbocycles. The number of rotatable bonds is 5. The molecule has 0 fully saturated rings. The standard InChI is InChI=1S/C25H17Cl3N2O/c26-19-8-4-17(5-9-19)22-12-13-23(30-24(22)18-6-10-20(27)11-7-18)25(31)29-15-16-2-1-3-21(28)14-16/h1-14H,15H2,(H,29,31). The van der Waals surface area contributed by atoms with Crippen molar-refractivity contribution in [3.63, 3.8) is 0 Å². The molecule has 6 heteroatoms. The van der Waals surface area contributed by atoms with Crippen LogP contribution in [-0.2, 0) is 6.54 Å². The molecule has 0 unspecified atom stereocenters. The van der Waals surface area contributed by atoms with Gasteiger partial charge in [-0.1, -0.05) is 71.2 Å². The van der Waals surface area contributed by atoms with E-state index in [-0.39, 0.29) is 5.91 Å². The van der Waals surface area contributed by atoms with Crippen LogP contribution in [0.5, 0.6) is 0 Å². The summed E-state index contributed by atoms with van der Waals surface area (Å²) in [6, 6.07) is 25.9. The van der Waals surface area contributed by atoms with Crippen molar-refractivity contribution in [2.45, 2.75) is 6.54 Å². The molecule has 3 aromatic carbocycles. The van der Waals surface area contributed by atoms with Gasteiger partial charge in [0.15, 0.2) is 0 Å². The molecule has 0 radical (unpaired) electrons. The number of carbonyl (C=O) groups is 1. The van der Waals surface area contributed by atoms with Gasteiger partial charge in [0.25, 0.3) is 5.91 Å². The van der Waals surface area contributed by atoms with Crippen LogP contribution in [0.3, 0.4) is 0 Å². The van der Waals surface area contributed by atoms with Crippen LogP contribution in [0, 0.1) is 0 Å². The fourth-order valence-electron chi connectivity index (χ4n) is 3.20. The summed E-state index contributed by atoms with van der Waals surface area (Å²) in [5.74, 6) is -0.266. The molecular weight excluding hydrogens is 451 g/mol. The smallest absolute Gasteiger partial charge is 0.270 e. The number of pyridine rings is 1. The largest absolute Gasteiger partial charge is 0.347 e. The lowest BCUT2D eigenvalue weighted by molar-refractivity contribution is 0.0946. The first-order chi connectivity index (χ1) is 15.0. The Morgan fingerprint density at radius 3 is 2.03 bits per heavy atom. The molecule has 154 valence electrons. The molecule has 0 aliphatic heterocycles. The summed E-state index contributed by atoms with van der Waals surface area (Å²) in [7, 11) is 0. The Balaban J connectivity index is 1.67. The zero-order valence-corrected chi connectivity index (χ0v) is 18.5. The Morgan fingerprint density at radius 1 is 0.742 bits per heavy atom. The van der Waals surface area contributed by atoms with Gasteiger partial charge in [0.1, 0.15) is 5.69 Å². The summed E-state index contributed by atoms with van der Waals surface area (Å²) < 4.78 is 0. The van der Waals surface area contributed by atoms with Gasteiger partial charge in [-0.25, -0.2) is 4.98 Å². The lowest BCUT2D eigenvalue weighted by Crippen LogP contribution is -2.24. The minimum Gasteiger partial charge on any atom is -0.347 e. The minimum absolute atomic E-state index is 0.266. The van der Waals surface area contributed by atoms with Gasteiger partial charge in [0.2, 0.25) is 0 Å². The van der Waals surface area contributed by atoms with E-state index >= 15 is 0 Å². The number of benzene rings is 3. The van der Waals surface area contributed by atoms with Crippen LogP contribution < -0.4 is 5.32 Å². The highest BCUT2D eigenvalue weighted by molar-refractivity contribution is 6.31. The molecule has 1 amide bonds. The molecule has 0 spiro atoms. The average molecular weight is 468 g/mol. The molecule has 4 rings (SSSR count). The van der Waals surface area contributed by atoms with E-state index in [9.17, 15) is 4.79 Å². The molecule has 31 heavy (non-hydrogen) atoms. The maximum atomic E-state index is 12.8. The number of nitrogens with zero attached hydrogens (tertiary/aromatic N) is 1. The first kappa shape index (κ1) is 21.4. The van der Waals surface area contributed by atoms with Crippen molar-refractivity contribution >= 4 is 40.7 Å². The van der Waals surface area contributed by atoms with Crippen LogP contribution in [0.25, 0.3) is 22.4 Å². The molecule has 0 saturated heterocycles. The Kier molecular flexibility index (Phi) is 6.57. The van der Waals surface area contributed by atoms with E-state index in [1.54, 1.807) is 24.3 Å². The van der Waals surface area contributed by atoms with Crippen molar-refractivity contribution in [3.05, 3.63) is 111 Å². The van der Waals surface area contributed by atoms with E-state index in [0.717, 1.165) is 22.3 Å². The number of amides is 1. The minimum atomic E-state index is -0.266. The van der Waals surface area contributed by atoms with E-state index < -0.39 is 0 Å². The van der Waals surface area contributed by atoms with Crippen molar-refractivity contribution in [3.8, 4) is 22.4 Å². The molecule has 0 bridgehead atoms. The Hall–Kier alpha value is -2.85. The quantitative estimate of drug-likeness (QED) is 0.334. The summed E-state index contributed by atoms with van der Waals surface area (Å²) in [6.07, 6.45) is 0. The highest BCUT2D eigenvalue weighted by Crippen LogP contribution is 2.32. The van der Waals surface area contributed by atoms with E-state index in [4.69, 9.17) is 34.8 Å². The third-order valence-corrected chi connectivity index (χ3v) is 5.48. The number of hydrogen-bond acceptors (Lipinski definition) is 2.